The van der Waals surface area contributed by atoms with Gasteiger partial charge in [-0.25, -0.2) is 18.4 Å². The van der Waals surface area contributed by atoms with E-state index < -0.39 is 45.9 Å². The lowest BCUT2D eigenvalue weighted by Crippen LogP contribution is -2.33. The summed E-state index contributed by atoms with van der Waals surface area (Å²) in [5, 5.41) is 0. The first-order valence-corrected chi connectivity index (χ1v) is 12.3. The van der Waals surface area contributed by atoms with Gasteiger partial charge >= 0.3 is 11.9 Å². The number of alkyl halides is 2. The zero-order valence-electron chi connectivity index (χ0n) is 17.5. The molecule has 0 aliphatic carbocycles. The van der Waals surface area contributed by atoms with E-state index in [0.717, 1.165) is 0 Å². The molecule has 6 radical (unpaired) electrons. The summed E-state index contributed by atoms with van der Waals surface area (Å²) >= 11 is 1.81. The molecule has 34 heavy (non-hydrogen) atoms. The molecule has 0 aliphatic heterocycles. The molecule has 0 spiro atoms. The number of ether oxygens (including phenoxy) is 2. The van der Waals surface area contributed by atoms with Gasteiger partial charge in [-0.15, -0.1) is 0 Å². The van der Waals surface area contributed by atoms with Gasteiger partial charge in [-0.1, -0.05) is 36.7 Å². The van der Waals surface area contributed by atoms with Gasteiger partial charge in [0.05, 0.1) is 34.7 Å². The second kappa shape index (κ2) is 12.2. The van der Waals surface area contributed by atoms with Crippen molar-refractivity contribution in [3.8, 4) is 5.75 Å². The van der Waals surface area contributed by atoms with Crippen LogP contribution in [0.2, 0.25) is 0 Å². The Labute approximate surface area is 213 Å². The van der Waals surface area contributed by atoms with E-state index in [9.17, 15) is 26.8 Å². The summed E-state index contributed by atoms with van der Waals surface area (Å²) in [5.41, 5.74) is 0.782. The van der Waals surface area contributed by atoms with Crippen LogP contribution < -0.4 is 4.74 Å². The summed E-state index contributed by atoms with van der Waals surface area (Å²) in [5.74, 6) is -3.89. The summed E-state index contributed by atoms with van der Waals surface area (Å²) in [4.78, 5) is 25.6. The van der Waals surface area contributed by atoms with Crippen molar-refractivity contribution >= 4 is 68.2 Å². The second-order valence-corrected chi connectivity index (χ2v) is 9.70. The minimum absolute atomic E-state index is 0.0171. The van der Waals surface area contributed by atoms with E-state index in [2.05, 4.69) is 4.74 Å². The van der Waals surface area contributed by atoms with E-state index in [1.54, 1.807) is 12.1 Å². The number of benzene rings is 2. The van der Waals surface area contributed by atoms with Crippen molar-refractivity contribution in [1.29, 1.82) is 0 Å². The predicted molar refractivity (Wildman–Crippen MR) is 131 cm³/mol. The predicted octanol–water partition coefficient (Wildman–Crippen LogP) is 2.19. The normalized spacial score (nSPS) is 12.4. The van der Waals surface area contributed by atoms with Crippen molar-refractivity contribution < 1.29 is 40.8 Å². The van der Waals surface area contributed by atoms with Crippen LogP contribution >= 0.6 is 22.6 Å². The average molecular weight is 598 g/mol. The smallest absolute Gasteiger partial charge is 0.344 e. The molecule has 2 aromatic rings. The molecular weight excluding hydrogens is 582 g/mol. The maximum atomic E-state index is 13.2. The van der Waals surface area contributed by atoms with E-state index in [4.69, 9.17) is 32.8 Å². The van der Waals surface area contributed by atoms with Crippen LogP contribution in [0.1, 0.15) is 37.4 Å². The number of hydrogen-bond donors (Lipinski definition) is 1. The van der Waals surface area contributed by atoms with Gasteiger partial charge in [0.2, 0.25) is 0 Å². The summed E-state index contributed by atoms with van der Waals surface area (Å²) < 4.78 is 67.7. The molecule has 7 nitrogen and oxygen atoms in total. The molecule has 0 bridgehead atoms. The lowest BCUT2D eigenvalue weighted by atomic mass is 9.85. The van der Waals surface area contributed by atoms with Gasteiger partial charge in [0.25, 0.3) is 16.5 Å². The van der Waals surface area contributed by atoms with Gasteiger partial charge in [0.15, 0.2) is 6.10 Å². The van der Waals surface area contributed by atoms with Crippen molar-refractivity contribution in [3.63, 3.8) is 0 Å². The van der Waals surface area contributed by atoms with Crippen LogP contribution in [0.5, 0.6) is 5.75 Å². The molecule has 174 valence electrons. The number of rotatable bonds is 10. The maximum Gasteiger partial charge on any atom is 0.344 e. The molecule has 0 saturated heterocycles. The first-order chi connectivity index (χ1) is 15.9. The summed E-state index contributed by atoms with van der Waals surface area (Å²) in [7, 11) is 12.3. The molecule has 14 heteroatoms. The summed E-state index contributed by atoms with van der Waals surface area (Å²) in [6.07, 6.45) is -5.71. The van der Waals surface area contributed by atoms with Gasteiger partial charge in [0, 0.05) is 3.57 Å². The second-order valence-electron chi connectivity index (χ2n) is 6.96. The molecule has 0 heterocycles. The van der Waals surface area contributed by atoms with Gasteiger partial charge < -0.3 is 9.47 Å². The molecule has 1 unspecified atom stereocenters. The molecule has 0 fully saturated rings. The Morgan fingerprint density at radius 3 is 2.03 bits per heavy atom. The number of halogens is 3. The van der Waals surface area contributed by atoms with E-state index >= 15 is 0 Å². The highest BCUT2D eigenvalue weighted by atomic mass is 127. The molecule has 0 aromatic heterocycles. The van der Waals surface area contributed by atoms with Gasteiger partial charge in [-0.2, -0.15) is 8.42 Å². The molecule has 0 amide bonds. The zero-order chi connectivity index (χ0) is 25.6. The monoisotopic (exact) mass is 598 g/mol. The van der Waals surface area contributed by atoms with Gasteiger partial charge in [0.1, 0.15) is 11.5 Å². The fourth-order valence-corrected chi connectivity index (χ4v) is 4.08. The first kappa shape index (κ1) is 28.3. The zero-order valence-corrected chi connectivity index (χ0v) is 20.5. The average Bonchev–Trinajstić information content (AvgIpc) is 2.77. The fourth-order valence-electron chi connectivity index (χ4n) is 2.96. The molecular formula is C20H16B3F2IO7S. The van der Waals surface area contributed by atoms with Crippen LogP contribution in [0.15, 0.2) is 30.3 Å². The Kier molecular flexibility index (Phi) is 10.1. The molecule has 1 N–H and O–H groups in total. The lowest BCUT2D eigenvalue weighted by Gasteiger charge is -2.18. The maximum absolute atomic E-state index is 13.2. The van der Waals surface area contributed by atoms with Gasteiger partial charge in [-0.3, -0.25) is 4.55 Å². The third-order valence-electron chi connectivity index (χ3n) is 4.51. The largest absolute Gasteiger partial charge is 0.451 e. The Morgan fingerprint density at radius 2 is 1.56 bits per heavy atom. The Balaban J connectivity index is 2.43. The van der Waals surface area contributed by atoms with Crippen LogP contribution in [-0.2, 0) is 33.8 Å². The number of hydrogen-bond acceptors (Lipinski definition) is 6. The van der Waals surface area contributed by atoms with Crippen LogP contribution in [0.25, 0.3) is 0 Å². The number of carbonyl (C=O) groups excluding carboxylic acids is 2. The van der Waals surface area contributed by atoms with Crippen LogP contribution in [-0.4, -0.2) is 66.7 Å². The molecule has 0 saturated carbocycles. The number of carbonyl (C=O) groups is 2. The Morgan fingerprint density at radius 1 is 0.971 bits per heavy atom. The Bertz CT molecular complexity index is 1150. The highest BCUT2D eigenvalue weighted by Gasteiger charge is 2.32. The number of esters is 2. The van der Waals surface area contributed by atoms with Crippen molar-refractivity contribution in [2.24, 2.45) is 0 Å². The summed E-state index contributed by atoms with van der Waals surface area (Å²) in [6, 6.07) is 7.13. The van der Waals surface area contributed by atoms with Crippen LogP contribution in [0, 0.1) is 3.57 Å². The van der Waals surface area contributed by atoms with Crippen molar-refractivity contribution in [2.75, 3.05) is 5.75 Å². The molecule has 1 atom stereocenters. The summed E-state index contributed by atoms with van der Waals surface area (Å²) in [6.45, 7) is 0. The highest BCUT2D eigenvalue weighted by molar-refractivity contribution is 14.1. The van der Waals surface area contributed by atoms with Crippen molar-refractivity contribution in [1.82, 2.24) is 0 Å². The highest BCUT2D eigenvalue weighted by Crippen LogP contribution is 2.28. The van der Waals surface area contributed by atoms with Crippen LogP contribution in [0.4, 0.5) is 8.78 Å². The van der Waals surface area contributed by atoms with Gasteiger partial charge in [-0.05, 0) is 51.9 Å². The topological polar surface area (TPSA) is 107 Å². The van der Waals surface area contributed by atoms with Crippen molar-refractivity contribution in [3.05, 3.63) is 61.7 Å². The van der Waals surface area contributed by atoms with E-state index in [1.165, 1.54) is 18.2 Å². The Hall–Kier alpha value is -1.93. The minimum Gasteiger partial charge on any atom is -0.451 e. The molecule has 2 rings (SSSR count). The van der Waals surface area contributed by atoms with E-state index in [-0.39, 0.29) is 30.3 Å². The van der Waals surface area contributed by atoms with E-state index in [1.807, 2.05) is 22.6 Å². The quantitative estimate of drug-likeness (QED) is 0.147. The fraction of sp³-hybridized carbons (Fsp3) is 0.300. The minimum atomic E-state index is -4.88. The van der Waals surface area contributed by atoms with Crippen LogP contribution in [0.3, 0.4) is 0 Å². The molecule has 2 aromatic carbocycles. The third-order valence-corrected chi connectivity index (χ3v) is 5.93. The third kappa shape index (κ3) is 7.54. The SMILES string of the molecule is [B]Cc1cc(C[B])c(OC(=O)c2ccc(I)cc2C(=O)OC(CS(=O)(=O)O)C(F)F)c(C[B])c1. The van der Waals surface area contributed by atoms with Crippen molar-refractivity contribution in [2.45, 2.75) is 31.5 Å². The standard InChI is InChI=1S/C20H16B3F2IO7S/c21-6-10-3-11(7-22)17(12(4-10)8-23)33-19(27)14-2-1-13(26)5-15(14)20(28)32-16(18(24)25)9-34(29,30)31/h1-5,16,18H,6-9H2,(H,29,30,31). The lowest BCUT2D eigenvalue weighted by molar-refractivity contribution is -0.0242. The first-order valence-electron chi connectivity index (χ1n) is 9.61. The van der Waals surface area contributed by atoms with E-state index in [0.29, 0.717) is 20.3 Å². The molecule has 0 aliphatic rings.